The van der Waals surface area contributed by atoms with Crippen LogP contribution < -0.4 is 5.73 Å². The number of rotatable bonds is 2. The zero-order valence-corrected chi connectivity index (χ0v) is 11.9. The molecule has 19 heavy (non-hydrogen) atoms. The van der Waals surface area contributed by atoms with Crippen molar-refractivity contribution in [3.8, 4) is 0 Å². The van der Waals surface area contributed by atoms with Crippen molar-refractivity contribution in [1.82, 2.24) is 4.98 Å². The molecule has 0 spiro atoms. The number of aryl methyl sites for hydroxylation is 2. The highest BCUT2D eigenvalue weighted by atomic mass is 32.1. The second kappa shape index (κ2) is 4.76. The van der Waals surface area contributed by atoms with Gasteiger partial charge in [-0.1, -0.05) is 24.3 Å². The molecule has 96 valence electrons. The van der Waals surface area contributed by atoms with Gasteiger partial charge in [-0.05, 0) is 47.4 Å². The minimum Gasteiger partial charge on any atom is -0.319 e. The Labute approximate surface area is 116 Å². The number of nitrogens with two attached hydrogens (primary N) is 1. The average molecular weight is 268 g/mol. The van der Waals surface area contributed by atoms with Gasteiger partial charge in [0.1, 0.15) is 0 Å². The van der Waals surface area contributed by atoms with Gasteiger partial charge >= 0.3 is 0 Å². The molecule has 0 amide bonds. The zero-order chi connectivity index (χ0) is 13.4. The van der Waals surface area contributed by atoms with Gasteiger partial charge in [0.05, 0.1) is 11.7 Å². The Bertz CT molecular complexity index is 730. The fourth-order valence-corrected chi connectivity index (χ4v) is 3.41. The Balaban J connectivity index is 2.13. The van der Waals surface area contributed by atoms with Gasteiger partial charge in [0.25, 0.3) is 0 Å². The Kier molecular flexibility index (Phi) is 3.09. The molecule has 0 saturated carbocycles. The van der Waals surface area contributed by atoms with E-state index >= 15 is 0 Å². The van der Waals surface area contributed by atoms with E-state index in [-0.39, 0.29) is 6.04 Å². The third kappa shape index (κ3) is 2.15. The van der Waals surface area contributed by atoms with Crippen LogP contribution >= 0.6 is 11.3 Å². The summed E-state index contributed by atoms with van der Waals surface area (Å²) in [5.41, 5.74) is 10.9. The van der Waals surface area contributed by atoms with E-state index in [4.69, 9.17) is 5.73 Å². The number of pyridine rings is 1. The highest BCUT2D eigenvalue weighted by molar-refractivity contribution is 7.17. The van der Waals surface area contributed by atoms with Crippen molar-refractivity contribution in [2.45, 2.75) is 19.9 Å². The molecule has 0 saturated heterocycles. The number of fused-ring (bicyclic) bond motifs is 1. The SMILES string of the molecule is Cc1cnc(C(N)c2cccc3ccsc23)c(C)c1. The highest BCUT2D eigenvalue weighted by Gasteiger charge is 2.16. The van der Waals surface area contributed by atoms with Crippen molar-refractivity contribution in [2.24, 2.45) is 5.73 Å². The van der Waals surface area contributed by atoms with Gasteiger partial charge in [-0.15, -0.1) is 11.3 Å². The van der Waals surface area contributed by atoms with E-state index < -0.39 is 0 Å². The summed E-state index contributed by atoms with van der Waals surface area (Å²) in [4.78, 5) is 4.52. The number of hydrogen-bond acceptors (Lipinski definition) is 3. The molecule has 3 rings (SSSR count). The Hall–Kier alpha value is -1.71. The van der Waals surface area contributed by atoms with E-state index in [1.54, 1.807) is 11.3 Å². The summed E-state index contributed by atoms with van der Waals surface area (Å²) in [7, 11) is 0. The fourth-order valence-electron chi connectivity index (χ4n) is 2.46. The van der Waals surface area contributed by atoms with Crippen molar-refractivity contribution < 1.29 is 0 Å². The van der Waals surface area contributed by atoms with Crippen molar-refractivity contribution in [2.75, 3.05) is 0 Å². The molecule has 0 radical (unpaired) electrons. The molecule has 2 heterocycles. The maximum atomic E-state index is 6.44. The van der Waals surface area contributed by atoms with Crippen LogP contribution in [0.2, 0.25) is 0 Å². The standard InChI is InChI=1S/C16H16N2S/c1-10-8-11(2)15(18-9-10)14(17)13-5-3-4-12-6-7-19-16(12)13/h3-9,14H,17H2,1-2H3. The zero-order valence-electron chi connectivity index (χ0n) is 11.1. The summed E-state index contributed by atoms with van der Waals surface area (Å²) < 4.78 is 1.26. The van der Waals surface area contributed by atoms with E-state index in [2.05, 4.69) is 54.5 Å². The fraction of sp³-hybridized carbons (Fsp3) is 0.188. The first-order valence-corrected chi connectivity index (χ1v) is 7.19. The van der Waals surface area contributed by atoms with Crippen LogP contribution in [0.15, 0.2) is 41.9 Å². The van der Waals surface area contributed by atoms with E-state index in [1.165, 1.54) is 15.6 Å². The van der Waals surface area contributed by atoms with Crippen LogP contribution in [0.5, 0.6) is 0 Å². The molecule has 0 aliphatic carbocycles. The molecule has 3 aromatic rings. The lowest BCUT2D eigenvalue weighted by atomic mass is 9.99. The molecule has 1 unspecified atom stereocenters. The highest BCUT2D eigenvalue weighted by Crippen LogP contribution is 2.31. The van der Waals surface area contributed by atoms with Crippen molar-refractivity contribution in [3.05, 3.63) is 64.3 Å². The van der Waals surface area contributed by atoms with Crippen LogP contribution in [0.1, 0.15) is 28.4 Å². The van der Waals surface area contributed by atoms with E-state index in [1.807, 2.05) is 6.20 Å². The van der Waals surface area contributed by atoms with Gasteiger partial charge in [0, 0.05) is 10.9 Å². The van der Waals surface area contributed by atoms with Gasteiger partial charge in [0.15, 0.2) is 0 Å². The van der Waals surface area contributed by atoms with Crippen LogP contribution in [0, 0.1) is 13.8 Å². The summed E-state index contributed by atoms with van der Waals surface area (Å²) in [6.45, 7) is 4.12. The molecule has 3 heteroatoms. The molecule has 0 bridgehead atoms. The first-order chi connectivity index (χ1) is 9.16. The maximum absolute atomic E-state index is 6.44. The first-order valence-electron chi connectivity index (χ1n) is 6.31. The Morgan fingerprint density at radius 3 is 2.84 bits per heavy atom. The average Bonchev–Trinajstić information content (AvgIpc) is 2.86. The largest absolute Gasteiger partial charge is 0.319 e. The van der Waals surface area contributed by atoms with Crippen LogP contribution in [-0.2, 0) is 0 Å². The Morgan fingerprint density at radius 2 is 2.05 bits per heavy atom. The third-order valence-corrected chi connectivity index (χ3v) is 4.37. The van der Waals surface area contributed by atoms with Gasteiger partial charge in [-0.25, -0.2) is 0 Å². The molecule has 2 N–H and O–H groups in total. The second-order valence-corrected chi connectivity index (χ2v) is 5.79. The van der Waals surface area contributed by atoms with Gasteiger partial charge < -0.3 is 5.73 Å². The summed E-state index contributed by atoms with van der Waals surface area (Å²) >= 11 is 1.74. The second-order valence-electron chi connectivity index (χ2n) is 4.88. The lowest BCUT2D eigenvalue weighted by Gasteiger charge is -2.15. The number of thiophene rings is 1. The summed E-state index contributed by atoms with van der Waals surface area (Å²) in [5.74, 6) is 0. The van der Waals surface area contributed by atoms with Gasteiger partial charge in [0.2, 0.25) is 0 Å². The van der Waals surface area contributed by atoms with E-state index in [0.717, 1.165) is 16.8 Å². The van der Waals surface area contributed by atoms with Gasteiger partial charge in [-0.2, -0.15) is 0 Å². The summed E-state index contributed by atoms with van der Waals surface area (Å²) in [6.07, 6.45) is 1.89. The van der Waals surface area contributed by atoms with Crippen LogP contribution in [0.4, 0.5) is 0 Å². The molecule has 2 aromatic heterocycles. The van der Waals surface area contributed by atoms with Gasteiger partial charge in [-0.3, -0.25) is 4.98 Å². The molecule has 0 fully saturated rings. The van der Waals surface area contributed by atoms with E-state index in [9.17, 15) is 0 Å². The number of hydrogen-bond donors (Lipinski definition) is 1. The lowest BCUT2D eigenvalue weighted by molar-refractivity contribution is 0.824. The minimum absolute atomic E-state index is 0.164. The molecular formula is C16H16N2S. The molecule has 0 aliphatic rings. The molecule has 0 aliphatic heterocycles. The van der Waals surface area contributed by atoms with Crippen molar-refractivity contribution >= 4 is 21.4 Å². The summed E-state index contributed by atoms with van der Waals surface area (Å²) in [5, 5.41) is 3.36. The number of nitrogens with zero attached hydrogens (tertiary/aromatic N) is 1. The third-order valence-electron chi connectivity index (χ3n) is 3.39. The lowest BCUT2D eigenvalue weighted by Crippen LogP contribution is -2.15. The topological polar surface area (TPSA) is 38.9 Å². The van der Waals surface area contributed by atoms with Crippen LogP contribution in [-0.4, -0.2) is 4.98 Å². The summed E-state index contributed by atoms with van der Waals surface area (Å²) in [6, 6.07) is 10.4. The molecule has 1 atom stereocenters. The smallest absolute Gasteiger partial charge is 0.0743 e. The number of benzene rings is 1. The molecule has 1 aromatic carbocycles. The normalized spacial score (nSPS) is 12.8. The molecule has 2 nitrogen and oxygen atoms in total. The monoisotopic (exact) mass is 268 g/mol. The quantitative estimate of drug-likeness (QED) is 0.764. The minimum atomic E-state index is -0.164. The van der Waals surface area contributed by atoms with E-state index in [0.29, 0.717) is 0 Å². The predicted molar refractivity (Wildman–Crippen MR) is 81.6 cm³/mol. The van der Waals surface area contributed by atoms with Crippen LogP contribution in [0.25, 0.3) is 10.1 Å². The molecular weight excluding hydrogens is 252 g/mol. The van der Waals surface area contributed by atoms with Crippen LogP contribution in [0.3, 0.4) is 0 Å². The Morgan fingerprint density at radius 1 is 1.21 bits per heavy atom. The predicted octanol–water partition coefficient (Wildman–Crippen LogP) is 3.96. The maximum Gasteiger partial charge on any atom is 0.0743 e. The first kappa shape index (κ1) is 12.3. The van der Waals surface area contributed by atoms with Crippen molar-refractivity contribution in [3.63, 3.8) is 0 Å². The van der Waals surface area contributed by atoms with Crippen molar-refractivity contribution in [1.29, 1.82) is 0 Å². The number of aromatic nitrogens is 1.